The lowest BCUT2D eigenvalue weighted by molar-refractivity contribution is -0.430. The third-order valence-electron chi connectivity index (χ3n) is 15.9. The molecule has 4 bridgehead atoms. The molecule has 4 aromatic rings. The molecule has 16 N–H and O–H groups in total. The van der Waals surface area contributed by atoms with Gasteiger partial charge in [-0.1, -0.05) is 30.2 Å². The Bertz CT molecular complexity index is 3370. The second-order valence-corrected chi connectivity index (χ2v) is 20.6. The molecule has 3 fully saturated rings. The van der Waals surface area contributed by atoms with Gasteiger partial charge in [-0.15, -0.1) is 0 Å². The number of phenolic OH excluding ortho intramolecular Hbond substituents is 3. The summed E-state index contributed by atoms with van der Waals surface area (Å²) in [6.07, 6.45) is -4.38. The van der Waals surface area contributed by atoms with Crippen LogP contribution < -0.4 is 20.8 Å². The SMILES string of the molecule is O=C1O[C@@]2(CCCO)O[C@@](C(=O)O)(C#CC[C@@]13O[C@]1(Oc4cc5oc(-c6cc(O)c(O)c(CCO)c6)cc(=O)c5c(O)c4[C@@H](C4=CNC5N[C@@H]6C=CC[C@@H](C6)C5=C4)C=C1Cc1ccc[nH]1)[C@H](O)[C@@H](O)[C@@H]3O)C(O)(O)[C@H](O)[C@H]2O. The van der Waals surface area contributed by atoms with E-state index in [9.17, 15) is 76.0 Å². The number of fused-ring (bicyclic) bond motifs is 8. The molecular weight excluding hydrogens is 1030 g/mol. The van der Waals surface area contributed by atoms with E-state index in [1.807, 2.05) is 12.0 Å². The number of H-pyrrole nitrogens is 1. The summed E-state index contributed by atoms with van der Waals surface area (Å²) in [5, 5.41) is 153. The Balaban J connectivity index is 1.16. The van der Waals surface area contributed by atoms with E-state index in [2.05, 4.69) is 33.7 Å². The second kappa shape index (κ2) is 19.1. The first-order valence-corrected chi connectivity index (χ1v) is 25.1. The van der Waals surface area contributed by atoms with Gasteiger partial charge >= 0.3 is 11.9 Å². The van der Waals surface area contributed by atoms with Gasteiger partial charge in [0.1, 0.15) is 46.5 Å². The van der Waals surface area contributed by atoms with E-state index in [0.717, 1.165) is 30.2 Å². The number of hydrogen-bond acceptors (Lipinski definition) is 22. The maximum atomic E-state index is 15.3. The van der Waals surface area contributed by atoms with Crippen molar-refractivity contribution in [2.45, 2.75) is 122 Å². The van der Waals surface area contributed by atoms with Gasteiger partial charge in [-0.25, -0.2) is 9.59 Å². The van der Waals surface area contributed by atoms with Gasteiger partial charge in [-0.05, 0) is 72.9 Å². The maximum absolute atomic E-state index is 15.3. The Morgan fingerprint density at radius 1 is 0.910 bits per heavy atom. The number of piperidine rings is 1. The van der Waals surface area contributed by atoms with Crippen molar-refractivity contribution in [1.29, 1.82) is 0 Å². The number of benzene rings is 2. The molecule has 7 aliphatic rings. The number of hydrogen-bond donors (Lipinski definition) is 16. The molecule has 1 unspecified atom stereocenters. The minimum atomic E-state index is -3.96. The number of allylic oxidation sites excluding steroid dienone is 4. The Morgan fingerprint density at radius 2 is 1.71 bits per heavy atom. The highest BCUT2D eigenvalue weighted by Gasteiger charge is 2.75. The van der Waals surface area contributed by atoms with Crippen LogP contribution in [0.4, 0.5) is 0 Å². The van der Waals surface area contributed by atoms with Crippen LogP contribution in [-0.2, 0) is 36.6 Å². The van der Waals surface area contributed by atoms with E-state index >= 15 is 4.79 Å². The summed E-state index contributed by atoms with van der Waals surface area (Å²) in [4.78, 5) is 46.0. The monoisotopic (exact) mass is 1080 g/mol. The molecule has 3 saturated heterocycles. The van der Waals surface area contributed by atoms with Crippen LogP contribution in [0.3, 0.4) is 0 Å². The van der Waals surface area contributed by atoms with Crippen molar-refractivity contribution < 1.29 is 99.3 Å². The Morgan fingerprint density at radius 3 is 2.44 bits per heavy atom. The third kappa shape index (κ3) is 7.95. The van der Waals surface area contributed by atoms with Crippen molar-refractivity contribution in [3.8, 4) is 46.2 Å². The van der Waals surface area contributed by atoms with Crippen LogP contribution in [0.15, 0.2) is 99.0 Å². The average molecular weight is 1080 g/mol. The number of carboxylic acid groups (broad SMARTS) is 1. The smallest absolute Gasteiger partial charge is 0.354 e. The van der Waals surface area contributed by atoms with Crippen LogP contribution >= 0.6 is 0 Å². The molecule has 24 heteroatoms. The first-order chi connectivity index (χ1) is 37.1. The highest BCUT2D eigenvalue weighted by Crippen LogP contribution is 2.55. The molecule has 8 heterocycles. The number of esters is 1. The minimum Gasteiger partial charge on any atom is -0.507 e. The summed E-state index contributed by atoms with van der Waals surface area (Å²) in [6.45, 7) is -1.16. The molecule has 2 aromatic carbocycles. The summed E-state index contributed by atoms with van der Waals surface area (Å²) in [5.74, 6) is -13.5. The number of aromatic nitrogens is 1. The molecule has 11 rings (SSSR count). The Kier molecular flexibility index (Phi) is 12.9. The van der Waals surface area contributed by atoms with Crippen LogP contribution in [0.1, 0.15) is 54.8 Å². The summed E-state index contributed by atoms with van der Waals surface area (Å²) >= 11 is 0. The molecule has 0 amide bonds. The molecule has 0 saturated carbocycles. The number of carbonyl (C=O) groups excluding carboxylic acids is 1. The fraction of sp³-hybridized carbons (Fsp3) is 0.426. The zero-order chi connectivity index (χ0) is 55.4. The number of aliphatic hydroxyl groups excluding tert-OH is 7. The number of aliphatic hydroxyl groups is 9. The quantitative estimate of drug-likeness (QED) is 0.0297. The van der Waals surface area contributed by atoms with Gasteiger partial charge in [0.15, 0.2) is 29.1 Å². The minimum absolute atomic E-state index is 0.0463. The van der Waals surface area contributed by atoms with E-state index in [1.165, 1.54) is 12.1 Å². The molecule has 78 heavy (non-hydrogen) atoms. The predicted octanol–water partition coefficient (Wildman–Crippen LogP) is -1.01. The van der Waals surface area contributed by atoms with Crippen molar-refractivity contribution in [3.05, 3.63) is 117 Å². The van der Waals surface area contributed by atoms with Crippen LogP contribution in [0.2, 0.25) is 0 Å². The lowest BCUT2D eigenvalue weighted by Gasteiger charge is -2.55. The predicted molar refractivity (Wildman–Crippen MR) is 264 cm³/mol. The lowest BCUT2D eigenvalue weighted by Crippen LogP contribution is -2.79. The average Bonchev–Trinajstić information content (AvgIpc) is 4.08. The van der Waals surface area contributed by atoms with Gasteiger partial charge in [0.05, 0.1) is 12.6 Å². The lowest BCUT2D eigenvalue weighted by atomic mass is 9.75. The summed E-state index contributed by atoms with van der Waals surface area (Å²) in [5.41, 5.74) is -6.44. The number of nitrogens with one attached hydrogen (secondary N) is 3. The van der Waals surface area contributed by atoms with Gasteiger partial charge in [0.25, 0.3) is 11.4 Å². The molecule has 24 nitrogen and oxygen atoms in total. The van der Waals surface area contributed by atoms with Gasteiger partial charge in [-0.2, -0.15) is 0 Å². The first kappa shape index (κ1) is 52.9. The number of aromatic amines is 1. The first-order valence-electron chi connectivity index (χ1n) is 25.1. The Hall–Kier alpha value is -7.09. The highest BCUT2D eigenvalue weighted by atomic mass is 16.8. The summed E-state index contributed by atoms with van der Waals surface area (Å²) < 4.78 is 31.4. The topological polar surface area (TPSA) is 404 Å². The van der Waals surface area contributed by atoms with Crippen molar-refractivity contribution in [3.63, 3.8) is 0 Å². The van der Waals surface area contributed by atoms with E-state index in [1.54, 1.807) is 24.5 Å². The molecular formula is C54H55N3O21. The summed E-state index contributed by atoms with van der Waals surface area (Å²) in [7, 11) is 0. The number of aliphatic carboxylic acids is 1. The van der Waals surface area contributed by atoms with Gasteiger partial charge in [0, 0.05) is 90.5 Å². The van der Waals surface area contributed by atoms with Crippen LogP contribution in [-0.4, -0.2) is 168 Å². The largest absolute Gasteiger partial charge is 0.507 e. The number of rotatable bonds is 10. The van der Waals surface area contributed by atoms with E-state index in [-0.39, 0.29) is 64.6 Å². The van der Waals surface area contributed by atoms with Crippen molar-refractivity contribution in [1.82, 2.24) is 15.6 Å². The van der Waals surface area contributed by atoms with E-state index in [0.29, 0.717) is 17.7 Å². The molecule has 2 spiro atoms. The van der Waals surface area contributed by atoms with Crippen molar-refractivity contribution in [2.24, 2.45) is 5.92 Å². The molecule has 6 aliphatic heterocycles. The third-order valence-corrected chi connectivity index (χ3v) is 15.9. The van der Waals surface area contributed by atoms with E-state index in [4.69, 9.17) is 23.4 Å². The molecule has 2 aromatic heterocycles. The summed E-state index contributed by atoms with van der Waals surface area (Å²) in [6, 6.07) is 7.98. The molecule has 0 radical (unpaired) electrons. The van der Waals surface area contributed by atoms with E-state index < -0.39 is 143 Å². The van der Waals surface area contributed by atoms with Crippen LogP contribution in [0.5, 0.6) is 23.0 Å². The number of ether oxygens (including phenoxy) is 4. The Labute approximate surface area is 441 Å². The van der Waals surface area contributed by atoms with Crippen LogP contribution in [0.25, 0.3) is 22.3 Å². The standard InChI is InChI=1S/C54H55N3O21/c58-13-4-11-52-45(67)46(68)54(72,73)51(78-52,48(69)70)10-3-9-50(49(71)76-52)43(65)42(64)44(66)53(77-50)28(19-29-7-2-12-55-29)20-31(27-17-32-24-5-1-6-30(16-24)57-47(32)56-23-27)38-37(75-53)22-36-39(41(38)63)33(60)21-35(74-36)26-15-25(8-14-59)40(62)34(61)18-26/h1-2,6-7,12,15,17-18,20-24,30-31,42-47,55-59,61-68,72-73H,4-5,8-9,11,13-14,16,19H2,(H,69,70)/t24-,30+,31+,42-,43-,44+,45+,46+,47?,50-,51+,52-,53-/m0/s1. The maximum Gasteiger partial charge on any atom is 0.354 e. The van der Waals surface area contributed by atoms with Gasteiger partial charge in [0.2, 0.25) is 17.2 Å². The number of aromatic hydroxyl groups is 3. The second-order valence-electron chi connectivity index (χ2n) is 20.6. The van der Waals surface area contributed by atoms with Crippen molar-refractivity contribution in [2.75, 3.05) is 13.2 Å². The van der Waals surface area contributed by atoms with Gasteiger partial charge < -0.3 is 100 Å². The number of dihydropyridines is 1. The molecule has 412 valence electrons. The molecule has 13 atom stereocenters. The zero-order valence-electron chi connectivity index (χ0n) is 41.1. The number of carboxylic acids is 1. The number of carbonyl (C=O) groups is 2. The van der Waals surface area contributed by atoms with Gasteiger partial charge in [-0.3, -0.25) is 10.1 Å². The van der Waals surface area contributed by atoms with Crippen LogP contribution in [0, 0.1) is 17.8 Å². The fourth-order valence-electron chi connectivity index (χ4n) is 11.9. The van der Waals surface area contributed by atoms with Crippen molar-refractivity contribution >= 4 is 22.9 Å². The normalized spacial score (nSPS) is 34.4. The fourth-order valence-corrected chi connectivity index (χ4v) is 11.9. The highest BCUT2D eigenvalue weighted by molar-refractivity contribution is 5.90. The number of phenols is 3. The molecule has 1 aliphatic carbocycles. The zero-order valence-corrected chi connectivity index (χ0v) is 41.1.